The summed E-state index contributed by atoms with van der Waals surface area (Å²) in [7, 11) is 0. The molecule has 0 aromatic heterocycles. The maximum absolute atomic E-state index is 2.28. The third kappa shape index (κ3) is 25.8. The van der Waals surface area contributed by atoms with Crippen LogP contribution in [0.5, 0.6) is 0 Å². The molecule has 0 rings (SSSR count). The van der Waals surface area contributed by atoms with E-state index in [1.54, 1.807) is 0 Å². The molecule has 0 aromatic rings. The minimum atomic E-state index is 1.16. The number of hydrogen-bond acceptors (Lipinski definition) is 0. The molecule has 0 heterocycles. The molecule has 0 bridgehead atoms. The van der Waals surface area contributed by atoms with Crippen LogP contribution in [0.15, 0.2) is 12.2 Å². The second-order valence-corrected chi connectivity index (χ2v) is 4.81. The van der Waals surface area contributed by atoms with Gasteiger partial charge in [-0.05, 0) is 13.3 Å². The van der Waals surface area contributed by atoms with Crippen LogP contribution in [0.4, 0.5) is 0 Å². The van der Waals surface area contributed by atoms with Gasteiger partial charge in [-0.15, -0.1) is 0 Å². The fourth-order valence-electron chi connectivity index (χ4n) is 1.80. The monoisotopic (exact) mass is 240 g/mol. The molecule has 0 radical (unpaired) electrons. The first-order valence-electron chi connectivity index (χ1n) is 7.94. The van der Waals surface area contributed by atoms with Crippen molar-refractivity contribution >= 4 is 0 Å². The van der Waals surface area contributed by atoms with E-state index in [9.17, 15) is 0 Å². The Kier molecular flexibility index (Phi) is 23.7. The molecule has 0 saturated heterocycles. The van der Waals surface area contributed by atoms with E-state index in [1.165, 1.54) is 64.2 Å². The number of allylic oxidation sites excluding steroid dienone is 2. The van der Waals surface area contributed by atoms with Crippen molar-refractivity contribution in [1.29, 1.82) is 0 Å². The van der Waals surface area contributed by atoms with Crippen molar-refractivity contribution < 1.29 is 0 Å². The smallest absolute Gasteiger partial charge is 0.0379 e. The van der Waals surface area contributed by atoms with Crippen LogP contribution in [-0.4, -0.2) is 0 Å². The second kappa shape index (κ2) is 21.1. The Morgan fingerprint density at radius 3 is 1.12 bits per heavy atom. The summed E-state index contributed by atoms with van der Waals surface area (Å²) >= 11 is 0. The van der Waals surface area contributed by atoms with Gasteiger partial charge in [-0.2, -0.15) is 0 Å². The summed E-state index contributed by atoms with van der Waals surface area (Å²) < 4.78 is 0. The molecule has 0 N–H and O–H groups in total. The van der Waals surface area contributed by atoms with E-state index in [1.807, 2.05) is 6.92 Å². The van der Waals surface area contributed by atoms with Crippen LogP contribution in [-0.2, 0) is 0 Å². The van der Waals surface area contributed by atoms with Gasteiger partial charge in [-0.1, -0.05) is 97.1 Å². The highest BCUT2D eigenvalue weighted by molar-refractivity contribution is 4.73. The summed E-state index contributed by atoms with van der Waals surface area (Å²) in [4.78, 5) is 0. The van der Waals surface area contributed by atoms with E-state index in [0.29, 0.717) is 0 Å². The molecule has 0 aliphatic rings. The van der Waals surface area contributed by atoms with Gasteiger partial charge in [-0.25, -0.2) is 0 Å². The van der Waals surface area contributed by atoms with Crippen LogP contribution in [0, 0.1) is 0 Å². The molecule has 0 unspecified atom stereocenters. The van der Waals surface area contributed by atoms with Gasteiger partial charge in [0.15, 0.2) is 0 Å². The molecule has 17 heavy (non-hydrogen) atoms. The second-order valence-electron chi connectivity index (χ2n) is 4.81. The summed E-state index contributed by atoms with van der Waals surface area (Å²) in [5.74, 6) is 0. The third-order valence-corrected chi connectivity index (χ3v) is 2.93. The highest BCUT2D eigenvalue weighted by Gasteiger charge is 1.90. The maximum atomic E-state index is 2.28. The standard InChI is InChI=1S/C12H26.C5H10/c1-3-5-7-9-11-12-10-8-6-4-2;1-3-5-4-2/h3-12H2,1-2H3;3,5H,4H2,1-2H3. The van der Waals surface area contributed by atoms with Gasteiger partial charge in [-0.3, -0.25) is 0 Å². The first kappa shape index (κ1) is 19.1. The van der Waals surface area contributed by atoms with Gasteiger partial charge >= 0.3 is 0 Å². The van der Waals surface area contributed by atoms with Gasteiger partial charge in [0.2, 0.25) is 0 Å². The normalized spacial score (nSPS) is 10.4. The van der Waals surface area contributed by atoms with Crippen LogP contribution in [0.3, 0.4) is 0 Å². The first-order chi connectivity index (χ1) is 8.33. The Hall–Kier alpha value is -0.260. The van der Waals surface area contributed by atoms with E-state index >= 15 is 0 Å². The summed E-state index contributed by atoms with van der Waals surface area (Å²) in [6.45, 7) is 8.71. The van der Waals surface area contributed by atoms with Crippen LogP contribution in [0.2, 0.25) is 0 Å². The zero-order valence-electron chi connectivity index (χ0n) is 12.9. The SMILES string of the molecule is CC=CCC.CCCCCCCCCCCC. The Morgan fingerprint density at radius 1 is 0.588 bits per heavy atom. The molecular formula is C17H36. The van der Waals surface area contributed by atoms with Gasteiger partial charge < -0.3 is 0 Å². The molecule has 0 aromatic carbocycles. The number of rotatable bonds is 10. The fourth-order valence-corrected chi connectivity index (χ4v) is 1.80. The van der Waals surface area contributed by atoms with Crippen LogP contribution in [0.25, 0.3) is 0 Å². The van der Waals surface area contributed by atoms with Gasteiger partial charge in [0.05, 0.1) is 0 Å². The molecule has 0 nitrogen and oxygen atoms in total. The van der Waals surface area contributed by atoms with E-state index < -0.39 is 0 Å². The molecule has 0 atom stereocenters. The lowest BCUT2D eigenvalue weighted by Gasteiger charge is -1.99. The number of hydrogen-bond donors (Lipinski definition) is 0. The third-order valence-electron chi connectivity index (χ3n) is 2.93. The Morgan fingerprint density at radius 2 is 0.941 bits per heavy atom. The molecular weight excluding hydrogens is 204 g/mol. The van der Waals surface area contributed by atoms with Crippen LogP contribution < -0.4 is 0 Å². The van der Waals surface area contributed by atoms with E-state index in [2.05, 4.69) is 32.9 Å². The lowest BCUT2D eigenvalue weighted by molar-refractivity contribution is 0.562. The average Bonchev–Trinajstić information content (AvgIpc) is 2.34. The molecule has 104 valence electrons. The quantitative estimate of drug-likeness (QED) is 0.288. The first-order valence-corrected chi connectivity index (χ1v) is 7.94. The van der Waals surface area contributed by atoms with Crippen molar-refractivity contribution in [2.24, 2.45) is 0 Å². The largest absolute Gasteiger partial charge is 0.0917 e. The van der Waals surface area contributed by atoms with Gasteiger partial charge in [0, 0.05) is 0 Å². The molecule has 0 spiro atoms. The Bertz CT molecular complexity index is 114. The zero-order valence-corrected chi connectivity index (χ0v) is 12.9. The van der Waals surface area contributed by atoms with Crippen molar-refractivity contribution in [2.45, 2.75) is 98.3 Å². The highest BCUT2D eigenvalue weighted by Crippen LogP contribution is 2.09. The molecule has 0 fully saturated rings. The zero-order chi connectivity index (χ0) is 13.2. The van der Waals surface area contributed by atoms with Gasteiger partial charge in [0.25, 0.3) is 0 Å². The molecule has 0 aliphatic heterocycles. The van der Waals surface area contributed by atoms with Crippen molar-refractivity contribution in [3.05, 3.63) is 12.2 Å². The van der Waals surface area contributed by atoms with Crippen molar-refractivity contribution in [3.63, 3.8) is 0 Å². The molecule has 0 aliphatic carbocycles. The topological polar surface area (TPSA) is 0 Å². The number of unbranched alkanes of at least 4 members (excludes halogenated alkanes) is 9. The Balaban J connectivity index is 0. The van der Waals surface area contributed by atoms with E-state index in [-0.39, 0.29) is 0 Å². The lowest BCUT2D eigenvalue weighted by atomic mass is 10.1. The predicted molar refractivity (Wildman–Crippen MR) is 82.6 cm³/mol. The highest BCUT2D eigenvalue weighted by atomic mass is 14.0. The molecule has 0 heteroatoms. The maximum Gasteiger partial charge on any atom is -0.0379 e. The Labute approximate surface area is 111 Å². The summed E-state index contributed by atoms with van der Waals surface area (Å²) in [6, 6.07) is 0. The van der Waals surface area contributed by atoms with Gasteiger partial charge in [0.1, 0.15) is 0 Å². The minimum Gasteiger partial charge on any atom is -0.0917 e. The van der Waals surface area contributed by atoms with Crippen molar-refractivity contribution in [3.8, 4) is 0 Å². The molecule has 0 saturated carbocycles. The predicted octanol–water partition coefficient (Wildman–Crippen LogP) is 6.90. The minimum absolute atomic E-state index is 1.16. The van der Waals surface area contributed by atoms with E-state index in [4.69, 9.17) is 0 Å². The molecule has 0 amide bonds. The summed E-state index contributed by atoms with van der Waals surface area (Å²) in [5, 5.41) is 0. The van der Waals surface area contributed by atoms with Crippen molar-refractivity contribution in [1.82, 2.24) is 0 Å². The lowest BCUT2D eigenvalue weighted by Crippen LogP contribution is -1.80. The average molecular weight is 240 g/mol. The van der Waals surface area contributed by atoms with Crippen LogP contribution >= 0.6 is 0 Å². The summed E-state index contributed by atoms with van der Waals surface area (Å²) in [5.41, 5.74) is 0. The summed E-state index contributed by atoms with van der Waals surface area (Å²) in [6.07, 6.45) is 19.8. The van der Waals surface area contributed by atoms with E-state index in [0.717, 1.165) is 6.42 Å². The van der Waals surface area contributed by atoms with Crippen molar-refractivity contribution in [2.75, 3.05) is 0 Å². The fraction of sp³-hybridized carbons (Fsp3) is 0.882. The van der Waals surface area contributed by atoms with Crippen LogP contribution in [0.1, 0.15) is 98.3 Å².